The van der Waals surface area contributed by atoms with Gasteiger partial charge in [0, 0.05) is 18.8 Å². The number of ketones is 1. The third-order valence-corrected chi connectivity index (χ3v) is 1.16. The monoisotopic (exact) mass is 157 g/mol. The van der Waals surface area contributed by atoms with Crippen molar-refractivity contribution < 1.29 is 9.90 Å². The number of carbonyl (C=O) groups is 1. The van der Waals surface area contributed by atoms with E-state index in [1.54, 1.807) is 0 Å². The van der Waals surface area contributed by atoms with E-state index in [0.717, 1.165) is 5.70 Å². The minimum atomic E-state index is 0.0407. The second-order valence-corrected chi connectivity index (χ2v) is 2.44. The van der Waals surface area contributed by atoms with Gasteiger partial charge >= 0.3 is 0 Å². The molecular formula is C8H15NO2. The Morgan fingerprint density at radius 1 is 1.55 bits per heavy atom. The van der Waals surface area contributed by atoms with Crippen LogP contribution in [0.1, 0.15) is 20.3 Å². The van der Waals surface area contributed by atoms with Gasteiger partial charge in [0.15, 0.2) is 5.78 Å². The fourth-order valence-corrected chi connectivity index (χ4v) is 0.721. The molecule has 0 spiro atoms. The molecule has 0 aliphatic carbocycles. The number of carbonyl (C=O) groups excluding carboxylic acids is 1. The van der Waals surface area contributed by atoms with E-state index in [9.17, 15) is 4.79 Å². The molecular weight excluding hydrogens is 142 g/mol. The number of hydrogen-bond donors (Lipinski definition) is 2. The van der Waals surface area contributed by atoms with Crippen molar-refractivity contribution in [1.29, 1.82) is 0 Å². The van der Waals surface area contributed by atoms with Crippen LogP contribution in [0.2, 0.25) is 0 Å². The van der Waals surface area contributed by atoms with Crippen molar-refractivity contribution >= 4 is 5.78 Å². The first-order valence-corrected chi connectivity index (χ1v) is 3.70. The summed E-state index contributed by atoms with van der Waals surface area (Å²) >= 11 is 0. The highest BCUT2D eigenvalue weighted by Crippen LogP contribution is 1.87. The summed E-state index contributed by atoms with van der Waals surface area (Å²) in [5.41, 5.74) is 0.853. The highest BCUT2D eigenvalue weighted by Gasteiger charge is 1.89. The maximum atomic E-state index is 10.5. The van der Waals surface area contributed by atoms with E-state index < -0.39 is 0 Å². The molecule has 0 aliphatic rings. The Kier molecular flexibility index (Phi) is 5.47. The van der Waals surface area contributed by atoms with Crippen LogP contribution in [0.4, 0.5) is 0 Å². The molecule has 0 fully saturated rings. The van der Waals surface area contributed by atoms with Crippen molar-refractivity contribution in [3.05, 3.63) is 11.8 Å². The molecule has 0 rings (SSSR count). The van der Waals surface area contributed by atoms with E-state index in [2.05, 4.69) is 5.32 Å². The van der Waals surface area contributed by atoms with Gasteiger partial charge in [-0.25, -0.2) is 0 Å². The zero-order valence-electron chi connectivity index (χ0n) is 7.05. The second kappa shape index (κ2) is 5.92. The largest absolute Gasteiger partial charge is 0.396 e. The molecule has 0 bridgehead atoms. The van der Waals surface area contributed by atoms with Gasteiger partial charge in [0.05, 0.1) is 0 Å². The molecule has 0 saturated carbocycles. The van der Waals surface area contributed by atoms with Gasteiger partial charge in [0.1, 0.15) is 0 Å². The van der Waals surface area contributed by atoms with E-state index in [4.69, 9.17) is 5.11 Å². The number of allylic oxidation sites excluding steroid dienone is 2. The van der Waals surface area contributed by atoms with Gasteiger partial charge in [-0.1, -0.05) is 0 Å². The number of aliphatic hydroxyl groups excluding tert-OH is 1. The van der Waals surface area contributed by atoms with Gasteiger partial charge < -0.3 is 10.4 Å². The summed E-state index contributed by atoms with van der Waals surface area (Å²) in [6, 6.07) is 0. The van der Waals surface area contributed by atoms with Gasteiger partial charge in [-0.15, -0.1) is 0 Å². The molecule has 0 aromatic rings. The predicted octanol–water partition coefficient (Wildman–Crippen LogP) is 0.451. The quantitative estimate of drug-likeness (QED) is 0.450. The minimum absolute atomic E-state index is 0.0407. The molecule has 0 aromatic heterocycles. The van der Waals surface area contributed by atoms with Crippen LogP contribution in [0.5, 0.6) is 0 Å². The Balaban J connectivity index is 3.51. The zero-order valence-corrected chi connectivity index (χ0v) is 7.05. The van der Waals surface area contributed by atoms with Crippen LogP contribution >= 0.6 is 0 Å². The van der Waals surface area contributed by atoms with Crippen molar-refractivity contribution in [1.82, 2.24) is 5.32 Å². The summed E-state index contributed by atoms with van der Waals surface area (Å²) in [6.45, 7) is 4.24. The lowest BCUT2D eigenvalue weighted by Crippen LogP contribution is -2.14. The molecule has 11 heavy (non-hydrogen) atoms. The van der Waals surface area contributed by atoms with Gasteiger partial charge in [-0.05, 0) is 26.3 Å². The van der Waals surface area contributed by atoms with Crippen LogP contribution in [0.15, 0.2) is 11.8 Å². The summed E-state index contributed by atoms with van der Waals surface area (Å²) in [4.78, 5) is 10.5. The van der Waals surface area contributed by atoms with Crippen LogP contribution < -0.4 is 5.32 Å². The van der Waals surface area contributed by atoms with Gasteiger partial charge in [-0.2, -0.15) is 0 Å². The molecule has 0 unspecified atom stereocenters. The topological polar surface area (TPSA) is 49.3 Å². The lowest BCUT2D eigenvalue weighted by Gasteiger charge is -2.03. The SMILES string of the molecule is CC(=O)C=C(C)NCCCO. The van der Waals surface area contributed by atoms with Crippen LogP contribution in [0.25, 0.3) is 0 Å². The first-order chi connectivity index (χ1) is 5.16. The van der Waals surface area contributed by atoms with Crippen molar-refractivity contribution in [3.63, 3.8) is 0 Å². The fourth-order valence-electron chi connectivity index (χ4n) is 0.721. The summed E-state index contributed by atoms with van der Waals surface area (Å²) in [7, 11) is 0. The predicted molar refractivity (Wildman–Crippen MR) is 44.1 cm³/mol. The standard InChI is InChI=1S/C8H15NO2/c1-7(6-8(2)11)9-4-3-5-10/h6,9-10H,3-5H2,1-2H3. The smallest absolute Gasteiger partial charge is 0.154 e. The third kappa shape index (κ3) is 7.06. The van der Waals surface area contributed by atoms with Crippen molar-refractivity contribution in [2.24, 2.45) is 0 Å². The van der Waals surface area contributed by atoms with Gasteiger partial charge in [-0.3, -0.25) is 4.79 Å². The Bertz CT molecular complexity index is 152. The van der Waals surface area contributed by atoms with Crippen molar-refractivity contribution in [2.45, 2.75) is 20.3 Å². The molecule has 0 atom stereocenters. The summed E-state index contributed by atoms with van der Waals surface area (Å²) in [5, 5.41) is 11.4. The Hall–Kier alpha value is -0.830. The van der Waals surface area contributed by atoms with Crippen LogP contribution in [0.3, 0.4) is 0 Å². The maximum absolute atomic E-state index is 10.5. The molecule has 64 valence electrons. The molecule has 0 aliphatic heterocycles. The van der Waals surface area contributed by atoms with Crippen LogP contribution in [0, 0.1) is 0 Å². The minimum Gasteiger partial charge on any atom is -0.396 e. The van der Waals surface area contributed by atoms with Gasteiger partial charge in [0.2, 0.25) is 0 Å². The Labute approximate surface area is 67.1 Å². The first kappa shape index (κ1) is 10.2. The van der Waals surface area contributed by atoms with E-state index in [1.165, 1.54) is 13.0 Å². The first-order valence-electron chi connectivity index (χ1n) is 3.70. The Morgan fingerprint density at radius 3 is 2.64 bits per heavy atom. The summed E-state index contributed by atoms with van der Waals surface area (Å²) < 4.78 is 0. The Morgan fingerprint density at radius 2 is 2.18 bits per heavy atom. The number of nitrogens with one attached hydrogen (secondary N) is 1. The highest BCUT2D eigenvalue weighted by atomic mass is 16.3. The van der Waals surface area contributed by atoms with Crippen LogP contribution in [-0.2, 0) is 4.79 Å². The van der Waals surface area contributed by atoms with E-state index in [1.807, 2.05) is 6.92 Å². The molecule has 0 amide bonds. The average Bonchev–Trinajstić information content (AvgIpc) is 1.86. The average molecular weight is 157 g/mol. The summed E-state index contributed by atoms with van der Waals surface area (Å²) in [5.74, 6) is 0.0407. The van der Waals surface area contributed by atoms with Crippen molar-refractivity contribution in [3.8, 4) is 0 Å². The fraction of sp³-hybridized carbons (Fsp3) is 0.625. The van der Waals surface area contributed by atoms with Crippen molar-refractivity contribution in [2.75, 3.05) is 13.2 Å². The van der Waals surface area contributed by atoms with E-state index >= 15 is 0 Å². The normalized spacial score (nSPS) is 11.4. The molecule has 0 aromatic carbocycles. The zero-order chi connectivity index (χ0) is 8.69. The maximum Gasteiger partial charge on any atom is 0.154 e. The third-order valence-electron chi connectivity index (χ3n) is 1.16. The molecule has 0 heterocycles. The lowest BCUT2D eigenvalue weighted by atomic mass is 10.3. The van der Waals surface area contributed by atoms with Gasteiger partial charge in [0.25, 0.3) is 0 Å². The molecule has 2 N–H and O–H groups in total. The van der Waals surface area contributed by atoms with E-state index in [0.29, 0.717) is 13.0 Å². The summed E-state index contributed by atoms with van der Waals surface area (Å²) in [6.07, 6.45) is 2.25. The molecule has 3 heteroatoms. The second-order valence-electron chi connectivity index (χ2n) is 2.44. The molecule has 3 nitrogen and oxygen atoms in total. The number of hydrogen-bond acceptors (Lipinski definition) is 3. The number of aliphatic hydroxyl groups is 1. The molecule has 0 saturated heterocycles. The molecule has 0 radical (unpaired) electrons. The lowest BCUT2D eigenvalue weighted by molar-refractivity contribution is -0.112. The van der Waals surface area contributed by atoms with E-state index in [-0.39, 0.29) is 12.4 Å². The van der Waals surface area contributed by atoms with Crippen LogP contribution in [-0.4, -0.2) is 24.0 Å². The highest BCUT2D eigenvalue weighted by molar-refractivity contribution is 5.87. The number of rotatable bonds is 5.